The molecule has 0 radical (unpaired) electrons. The Labute approximate surface area is 231 Å². The van der Waals surface area contributed by atoms with Crippen LogP contribution in [0.4, 0.5) is 0 Å². The Kier molecular flexibility index (Phi) is 9.90. The number of benzene rings is 2. The van der Waals surface area contributed by atoms with Gasteiger partial charge in [-0.2, -0.15) is 0 Å². The van der Waals surface area contributed by atoms with E-state index in [1.54, 1.807) is 11.0 Å². The molecule has 0 bridgehead atoms. The fraction of sp³-hybridized carbons (Fsp3) is 0.552. The number of hydrogen-bond acceptors (Lipinski definition) is 7. The summed E-state index contributed by atoms with van der Waals surface area (Å²) in [7, 11) is 0. The van der Waals surface area contributed by atoms with Crippen molar-refractivity contribution in [2.75, 3.05) is 52.4 Å². The van der Waals surface area contributed by atoms with Crippen LogP contribution in [0, 0.1) is 0 Å². The quantitative estimate of drug-likeness (QED) is 0.527. The highest BCUT2D eigenvalue weighted by atomic mass is 35.5. The predicted molar refractivity (Wildman–Crippen MR) is 148 cm³/mol. The second kappa shape index (κ2) is 13.1. The number of hydrogen-bond donors (Lipinski definition) is 2. The van der Waals surface area contributed by atoms with Crippen molar-refractivity contribution in [3.8, 4) is 11.5 Å². The van der Waals surface area contributed by atoms with Crippen LogP contribution in [0.2, 0.25) is 0 Å². The molecule has 1 fully saturated rings. The van der Waals surface area contributed by atoms with E-state index in [1.807, 2.05) is 19.1 Å². The summed E-state index contributed by atoms with van der Waals surface area (Å²) in [5.74, 6) is 1.13. The van der Waals surface area contributed by atoms with Crippen LogP contribution in [0.1, 0.15) is 41.3 Å². The van der Waals surface area contributed by atoms with Gasteiger partial charge in [0.2, 0.25) is 0 Å². The summed E-state index contributed by atoms with van der Waals surface area (Å²) in [5, 5.41) is 20.0. The van der Waals surface area contributed by atoms with Gasteiger partial charge in [-0.3, -0.25) is 9.69 Å². The number of fused-ring (bicyclic) bond motifs is 2. The molecule has 0 aromatic heterocycles. The number of aliphatic hydroxyl groups is 2. The number of carbonyl (C=O) groups is 1. The van der Waals surface area contributed by atoms with Crippen molar-refractivity contribution in [2.24, 2.45) is 0 Å². The first-order chi connectivity index (χ1) is 18.0. The molecule has 0 spiro atoms. The molecule has 3 heterocycles. The van der Waals surface area contributed by atoms with Gasteiger partial charge in [0.25, 0.3) is 5.91 Å². The Morgan fingerprint density at radius 2 is 1.82 bits per heavy atom. The van der Waals surface area contributed by atoms with Crippen LogP contribution in [0.3, 0.4) is 0 Å². The maximum absolute atomic E-state index is 13.4. The molecule has 3 aliphatic heterocycles. The van der Waals surface area contributed by atoms with Crippen LogP contribution in [0.25, 0.3) is 0 Å². The van der Waals surface area contributed by atoms with Gasteiger partial charge >= 0.3 is 0 Å². The monoisotopic (exact) mass is 545 g/mol. The van der Waals surface area contributed by atoms with Crippen LogP contribution in [-0.4, -0.2) is 102 Å². The highest BCUT2D eigenvalue weighted by molar-refractivity contribution is 5.97. The first-order valence-electron chi connectivity index (χ1n) is 13.6. The first-order valence-corrected chi connectivity index (χ1v) is 13.6. The van der Waals surface area contributed by atoms with Crippen LogP contribution in [-0.2, 0) is 13.0 Å². The van der Waals surface area contributed by atoms with Gasteiger partial charge in [-0.25, -0.2) is 0 Å². The summed E-state index contributed by atoms with van der Waals surface area (Å²) in [6.07, 6.45) is 2.07. The van der Waals surface area contributed by atoms with E-state index in [-0.39, 0.29) is 43.7 Å². The van der Waals surface area contributed by atoms with Crippen molar-refractivity contribution in [3.05, 3.63) is 59.2 Å². The highest BCUT2D eigenvalue weighted by Gasteiger charge is 2.30. The normalized spacial score (nSPS) is 21.5. The third-order valence-corrected chi connectivity index (χ3v) is 7.64. The van der Waals surface area contributed by atoms with E-state index in [4.69, 9.17) is 14.6 Å². The average molecular weight is 546 g/mol. The Morgan fingerprint density at radius 3 is 2.58 bits per heavy atom. The van der Waals surface area contributed by atoms with Crippen LogP contribution >= 0.6 is 12.4 Å². The Hall–Kier alpha value is -2.36. The summed E-state index contributed by atoms with van der Waals surface area (Å²) < 4.78 is 12.4. The van der Waals surface area contributed by atoms with E-state index in [2.05, 4.69) is 34.1 Å². The van der Waals surface area contributed by atoms with E-state index in [1.165, 1.54) is 11.1 Å². The minimum atomic E-state index is -0.637. The molecule has 1 amide bonds. The number of aliphatic hydroxyl groups excluding tert-OH is 2. The maximum Gasteiger partial charge on any atom is 0.257 e. The number of nitrogens with zero attached hydrogens (tertiary/aromatic N) is 3. The second-order valence-corrected chi connectivity index (χ2v) is 10.6. The fourth-order valence-corrected chi connectivity index (χ4v) is 5.73. The summed E-state index contributed by atoms with van der Waals surface area (Å²) in [6, 6.07) is 13.9. The van der Waals surface area contributed by atoms with Gasteiger partial charge in [-0.15, -0.1) is 12.4 Å². The lowest BCUT2D eigenvalue weighted by atomic mass is 10.00. The van der Waals surface area contributed by atoms with Crippen molar-refractivity contribution in [2.45, 2.75) is 51.0 Å². The number of rotatable bonds is 8. The number of halogens is 1. The molecule has 5 rings (SSSR count). The number of β-amino-alcohol motifs (C(OH)–C–C–N with tert-alkyl or cyclic N) is 2. The Bertz CT molecular complexity index is 1080. The van der Waals surface area contributed by atoms with Crippen molar-refractivity contribution < 1.29 is 24.5 Å². The fourth-order valence-electron chi connectivity index (χ4n) is 5.73. The largest absolute Gasteiger partial charge is 0.490 e. The van der Waals surface area contributed by atoms with Gasteiger partial charge in [-0.05, 0) is 49.4 Å². The summed E-state index contributed by atoms with van der Waals surface area (Å²) in [5.41, 5.74) is 3.21. The van der Waals surface area contributed by atoms with Gasteiger partial charge in [0, 0.05) is 51.9 Å². The third-order valence-electron chi connectivity index (χ3n) is 7.64. The lowest BCUT2D eigenvalue weighted by Crippen LogP contribution is -2.45. The number of amides is 1. The predicted octanol–water partition coefficient (Wildman–Crippen LogP) is 2.59. The Balaban J connectivity index is 0.00000336. The van der Waals surface area contributed by atoms with Crippen molar-refractivity contribution in [3.63, 3.8) is 0 Å². The molecule has 0 saturated carbocycles. The molecule has 2 N–H and O–H groups in total. The molecule has 2 aromatic carbocycles. The lowest BCUT2D eigenvalue weighted by molar-refractivity contribution is 0.0454. The summed E-state index contributed by atoms with van der Waals surface area (Å²) >= 11 is 0. The molecule has 1 saturated heterocycles. The van der Waals surface area contributed by atoms with Gasteiger partial charge in [0.1, 0.15) is 23.7 Å². The lowest BCUT2D eigenvalue weighted by Gasteiger charge is -2.32. The smallest absolute Gasteiger partial charge is 0.257 e. The second-order valence-electron chi connectivity index (χ2n) is 10.6. The van der Waals surface area contributed by atoms with Crippen LogP contribution < -0.4 is 9.47 Å². The SMILES string of the molecule is C[C@@H]1CN(C[C@H](O)CN2CCc3ccccc3C2)C(=O)c2ccc(OC3CCN(CCO)CC3)cc2O1.Cl. The average Bonchev–Trinajstić information content (AvgIpc) is 3.00. The van der Waals surface area contributed by atoms with Gasteiger partial charge in [-0.1, -0.05) is 24.3 Å². The molecule has 9 heteroatoms. The number of ether oxygens (including phenoxy) is 2. The van der Waals surface area contributed by atoms with E-state index in [9.17, 15) is 9.90 Å². The van der Waals surface area contributed by atoms with E-state index in [0.29, 0.717) is 36.7 Å². The van der Waals surface area contributed by atoms with Crippen molar-refractivity contribution >= 4 is 18.3 Å². The molecule has 8 nitrogen and oxygen atoms in total. The number of piperidine rings is 1. The molecular weight excluding hydrogens is 506 g/mol. The van der Waals surface area contributed by atoms with Crippen molar-refractivity contribution in [1.29, 1.82) is 0 Å². The topological polar surface area (TPSA) is 85.7 Å². The van der Waals surface area contributed by atoms with Crippen LogP contribution in [0.15, 0.2) is 42.5 Å². The zero-order valence-electron chi connectivity index (χ0n) is 22.1. The minimum absolute atomic E-state index is 0. The van der Waals surface area contributed by atoms with Crippen LogP contribution in [0.5, 0.6) is 11.5 Å². The number of likely N-dealkylation sites (tertiary alicyclic amines) is 1. The summed E-state index contributed by atoms with van der Waals surface area (Å²) in [4.78, 5) is 19.7. The Morgan fingerprint density at radius 1 is 1.05 bits per heavy atom. The molecular formula is C29H40ClN3O5. The van der Waals surface area contributed by atoms with E-state index in [0.717, 1.165) is 45.4 Å². The molecule has 0 unspecified atom stereocenters. The molecule has 3 aliphatic rings. The van der Waals surface area contributed by atoms with Crippen molar-refractivity contribution in [1.82, 2.24) is 14.7 Å². The van der Waals surface area contributed by atoms with Gasteiger partial charge in [0.15, 0.2) is 0 Å². The van der Waals surface area contributed by atoms with Gasteiger partial charge < -0.3 is 29.5 Å². The summed E-state index contributed by atoms with van der Waals surface area (Å²) in [6.45, 7) is 7.62. The van der Waals surface area contributed by atoms with Gasteiger partial charge in [0.05, 0.1) is 24.8 Å². The molecule has 38 heavy (non-hydrogen) atoms. The maximum atomic E-state index is 13.4. The van der Waals surface area contributed by atoms with E-state index >= 15 is 0 Å². The molecule has 2 atom stereocenters. The minimum Gasteiger partial charge on any atom is -0.490 e. The molecule has 208 valence electrons. The van der Waals surface area contributed by atoms with E-state index < -0.39 is 6.10 Å². The zero-order chi connectivity index (χ0) is 25.8. The molecule has 0 aliphatic carbocycles. The number of carbonyl (C=O) groups excluding carboxylic acids is 1. The standard InChI is InChI=1S/C29H39N3O5.ClH/c1-21-17-32(20-24(34)19-31-11-8-22-4-2-3-5-23(22)18-31)29(35)27-7-6-26(16-28(27)36-21)37-25-9-12-30(13-10-25)14-15-33;/h2-7,16,21,24-25,33-34H,8-15,17-20H2,1H3;1H/t21-,24-;/m1./s1. The highest BCUT2D eigenvalue weighted by Crippen LogP contribution is 2.31. The zero-order valence-corrected chi connectivity index (χ0v) is 22.9. The first kappa shape index (κ1) is 28.6. The third kappa shape index (κ3) is 6.98. The molecule has 2 aromatic rings.